The van der Waals surface area contributed by atoms with Gasteiger partial charge in [0.2, 0.25) is 0 Å². The predicted molar refractivity (Wildman–Crippen MR) is 72.5 cm³/mol. The Kier molecular flexibility index (Phi) is 3.66. The van der Waals surface area contributed by atoms with Gasteiger partial charge in [0.1, 0.15) is 5.69 Å². The van der Waals surface area contributed by atoms with E-state index in [9.17, 15) is 4.79 Å². The summed E-state index contributed by atoms with van der Waals surface area (Å²) in [6.45, 7) is 5.14. The zero-order chi connectivity index (χ0) is 13.1. The minimum Gasteiger partial charge on any atom is -0.397 e. The third kappa shape index (κ3) is 2.53. The zero-order valence-electron chi connectivity index (χ0n) is 10.4. The number of hydrogen-bond donors (Lipinski definition) is 2. The van der Waals surface area contributed by atoms with Crippen molar-refractivity contribution in [1.82, 2.24) is 14.9 Å². The normalized spacial score (nSPS) is 10.6. The van der Waals surface area contributed by atoms with Crippen molar-refractivity contribution in [3.05, 3.63) is 34.0 Å². The number of nitrogen functional groups attached to an aromatic ring is 1. The lowest BCUT2D eigenvalue weighted by Gasteiger charge is -2.06. The smallest absolute Gasteiger partial charge is 0.268 e. The summed E-state index contributed by atoms with van der Waals surface area (Å²) in [6, 6.07) is 1.69. The van der Waals surface area contributed by atoms with E-state index >= 15 is 0 Å². The molecule has 0 radical (unpaired) electrons. The molecule has 2 aromatic heterocycles. The second-order valence-electron chi connectivity index (χ2n) is 3.99. The maximum Gasteiger partial charge on any atom is 0.268 e. The Morgan fingerprint density at radius 1 is 1.61 bits per heavy atom. The van der Waals surface area contributed by atoms with Gasteiger partial charge in [-0.25, -0.2) is 4.98 Å². The van der Waals surface area contributed by atoms with Crippen LogP contribution in [0.3, 0.4) is 0 Å². The van der Waals surface area contributed by atoms with Crippen molar-refractivity contribution in [1.29, 1.82) is 0 Å². The number of carbonyl (C=O) groups excluding carboxylic acids is 1. The molecule has 0 fully saturated rings. The molecule has 0 unspecified atom stereocenters. The summed E-state index contributed by atoms with van der Waals surface area (Å²) in [5.74, 6) is -0.110. The van der Waals surface area contributed by atoms with Crippen LogP contribution in [0.15, 0.2) is 17.8 Å². The highest BCUT2D eigenvalue weighted by Gasteiger charge is 2.12. The zero-order valence-corrected chi connectivity index (χ0v) is 11.3. The number of aromatic nitrogens is 2. The third-order valence-electron chi connectivity index (χ3n) is 2.75. The molecular formula is C12H16N4OS. The highest BCUT2D eigenvalue weighted by Crippen LogP contribution is 2.13. The molecule has 18 heavy (non-hydrogen) atoms. The Labute approximate surface area is 110 Å². The first-order chi connectivity index (χ1) is 8.61. The number of carbonyl (C=O) groups is 1. The molecule has 6 heteroatoms. The molecule has 0 spiro atoms. The van der Waals surface area contributed by atoms with Gasteiger partial charge in [-0.1, -0.05) is 0 Å². The molecule has 0 aliphatic rings. The average molecular weight is 264 g/mol. The molecule has 0 aromatic carbocycles. The van der Waals surface area contributed by atoms with Gasteiger partial charge in [-0.05, 0) is 19.9 Å². The SMILES string of the molecule is CCn1cc(N)cc1C(=O)NCc1scnc1C. The van der Waals surface area contributed by atoms with E-state index in [2.05, 4.69) is 10.3 Å². The Hall–Kier alpha value is -1.82. The lowest BCUT2D eigenvalue weighted by atomic mass is 10.3. The summed E-state index contributed by atoms with van der Waals surface area (Å²) < 4.78 is 1.84. The lowest BCUT2D eigenvalue weighted by Crippen LogP contribution is -2.25. The maximum atomic E-state index is 12.0. The summed E-state index contributed by atoms with van der Waals surface area (Å²) in [7, 11) is 0. The Morgan fingerprint density at radius 2 is 2.39 bits per heavy atom. The van der Waals surface area contributed by atoms with Crippen molar-refractivity contribution in [3.8, 4) is 0 Å². The largest absolute Gasteiger partial charge is 0.397 e. The number of thiazole rings is 1. The maximum absolute atomic E-state index is 12.0. The number of rotatable bonds is 4. The average Bonchev–Trinajstić information content (AvgIpc) is 2.92. The van der Waals surface area contributed by atoms with Gasteiger partial charge in [-0.2, -0.15) is 0 Å². The quantitative estimate of drug-likeness (QED) is 0.884. The number of nitrogens with zero attached hydrogens (tertiary/aromatic N) is 2. The molecule has 5 nitrogen and oxygen atoms in total. The van der Waals surface area contributed by atoms with Crippen molar-refractivity contribution < 1.29 is 4.79 Å². The van der Waals surface area contributed by atoms with Crippen LogP contribution in [0.25, 0.3) is 0 Å². The van der Waals surface area contributed by atoms with Crippen molar-refractivity contribution in [2.24, 2.45) is 0 Å². The summed E-state index contributed by atoms with van der Waals surface area (Å²) in [5.41, 5.74) is 9.65. The first-order valence-electron chi connectivity index (χ1n) is 5.74. The first-order valence-corrected chi connectivity index (χ1v) is 6.62. The summed E-state index contributed by atoms with van der Waals surface area (Å²) in [6.07, 6.45) is 1.77. The van der Waals surface area contributed by atoms with Crippen LogP contribution < -0.4 is 11.1 Å². The van der Waals surface area contributed by atoms with E-state index in [1.165, 1.54) is 0 Å². The summed E-state index contributed by atoms with van der Waals surface area (Å²) >= 11 is 1.54. The van der Waals surface area contributed by atoms with E-state index in [0.29, 0.717) is 17.9 Å². The number of hydrogen-bond acceptors (Lipinski definition) is 4. The van der Waals surface area contributed by atoms with E-state index in [-0.39, 0.29) is 5.91 Å². The Bertz CT molecular complexity index is 558. The molecule has 2 heterocycles. The topological polar surface area (TPSA) is 72.9 Å². The second kappa shape index (κ2) is 5.22. The van der Waals surface area contributed by atoms with Gasteiger partial charge in [-0.3, -0.25) is 4.79 Å². The van der Waals surface area contributed by atoms with Gasteiger partial charge in [-0.15, -0.1) is 11.3 Å². The third-order valence-corrected chi connectivity index (χ3v) is 3.68. The molecule has 3 N–H and O–H groups in total. The van der Waals surface area contributed by atoms with Crippen LogP contribution in [0.1, 0.15) is 28.0 Å². The molecular weight excluding hydrogens is 248 g/mol. The molecule has 0 bridgehead atoms. The monoisotopic (exact) mass is 264 g/mol. The molecule has 2 rings (SSSR count). The van der Waals surface area contributed by atoms with Crippen LogP contribution in [-0.4, -0.2) is 15.5 Å². The van der Waals surface area contributed by atoms with Crippen LogP contribution >= 0.6 is 11.3 Å². The number of aryl methyl sites for hydroxylation is 2. The summed E-state index contributed by atoms with van der Waals surface area (Å²) in [4.78, 5) is 17.3. The molecule has 0 saturated carbocycles. The van der Waals surface area contributed by atoms with Crippen molar-refractivity contribution in [3.63, 3.8) is 0 Å². The molecule has 0 atom stereocenters. The minimum absolute atomic E-state index is 0.110. The van der Waals surface area contributed by atoms with Crippen LogP contribution in [-0.2, 0) is 13.1 Å². The standard InChI is InChI=1S/C12H16N4OS/c1-3-16-6-9(13)4-10(16)12(17)14-5-11-8(2)15-7-18-11/h4,6-7H,3,5,13H2,1-2H3,(H,14,17). The number of anilines is 1. The molecule has 0 saturated heterocycles. The van der Waals surface area contributed by atoms with Crippen molar-refractivity contribution in [2.45, 2.75) is 26.9 Å². The molecule has 96 valence electrons. The van der Waals surface area contributed by atoms with Gasteiger partial charge >= 0.3 is 0 Å². The van der Waals surface area contributed by atoms with E-state index in [4.69, 9.17) is 5.73 Å². The lowest BCUT2D eigenvalue weighted by molar-refractivity contribution is 0.0942. The fourth-order valence-electron chi connectivity index (χ4n) is 1.73. The highest BCUT2D eigenvalue weighted by molar-refractivity contribution is 7.09. The van der Waals surface area contributed by atoms with Gasteiger partial charge in [0.15, 0.2) is 0 Å². The Morgan fingerprint density at radius 3 is 3.00 bits per heavy atom. The molecule has 0 aliphatic heterocycles. The molecule has 2 aromatic rings. The van der Waals surface area contributed by atoms with E-state index < -0.39 is 0 Å². The van der Waals surface area contributed by atoms with Crippen LogP contribution in [0.2, 0.25) is 0 Å². The number of nitrogens with two attached hydrogens (primary N) is 1. The second-order valence-corrected chi connectivity index (χ2v) is 4.93. The fraction of sp³-hybridized carbons (Fsp3) is 0.333. The number of amides is 1. The van der Waals surface area contributed by atoms with Crippen LogP contribution in [0, 0.1) is 6.92 Å². The van der Waals surface area contributed by atoms with Crippen LogP contribution in [0.5, 0.6) is 0 Å². The van der Waals surface area contributed by atoms with Gasteiger partial charge < -0.3 is 15.6 Å². The molecule has 0 aliphatic carbocycles. The van der Waals surface area contributed by atoms with E-state index in [1.807, 2.05) is 18.4 Å². The molecule has 1 amide bonds. The predicted octanol–water partition coefficient (Wildman–Crippen LogP) is 1.79. The Balaban J connectivity index is 2.06. The first kappa shape index (κ1) is 12.6. The summed E-state index contributed by atoms with van der Waals surface area (Å²) in [5, 5.41) is 2.89. The van der Waals surface area contributed by atoms with Crippen LogP contribution in [0.4, 0.5) is 5.69 Å². The van der Waals surface area contributed by atoms with Gasteiger partial charge in [0, 0.05) is 17.6 Å². The van der Waals surface area contributed by atoms with Gasteiger partial charge in [0.05, 0.1) is 23.4 Å². The minimum atomic E-state index is -0.110. The van der Waals surface area contributed by atoms with E-state index in [1.54, 1.807) is 29.1 Å². The van der Waals surface area contributed by atoms with Crippen molar-refractivity contribution in [2.75, 3.05) is 5.73 Å². The van der Waals surface area contributed by atoms with Crippen molar-refractivity contribution >= 4 is 22.9 Å². The number of nitrogens with one attached hydrogen (secondary N) is 1. The highest BCUT2D eigenvalue weighted by atomic mass is 32.1. The van der Waals surface area contributed by atoms with Gasteiger partial charge in [0.25, 0.3) is 5.91 Å². The van der Waals surface area contributed by atoms with E-state index in [0.717, 1.165) is 17.1 Å². The fourth-order valence-corrected chi connectivity index (χ4v) is 2.45.